The number of hydrogen-bond donors (Lipinski definition) is 2. The minimum Gasteiger partial charge on any atom is -0.355 e. The second-order valence-electron chi connectivity index (χ2n) is 5.11. The molecule has 2 amide bonds. The second kappa shape index (κ2) is 5.40. The molecule has 0 saturated carbocycles. The molecule has 1 aromatic carbocycles. The molecule has 2 heterocycles. The van der Waals surface area contributed by atoms with Gasteiger partial charge in [0.05, 0.1) is 23.0 Å². The third-order valence-electron chi connectivity index (χ3n) is 3.48. The van der Waals surface area contributed by atoms with Crippen LogP contribution in [0.3, 0.4) is 0 Å². The van der Waals surface area contributed by atoms with Crippen LogP contribution in [0.15, 0.2) is 36.5 Å². The number of benzene rings is 1. The van der Waals surface area contributed by atoms with Gasteiger partial charge in [0.2, 0.25) is 11.8 Å². The molecule has 1 fully saturated rings. The van der Waals surface area contributed by atoms with Crippen LogP contribution in [0, 0.1) is 12.8 Å². The first kappa shape index (κ1) is 13.4. The second-order valence-corrected chi connectivity index (χ2v) is 5.11. The highest BCUT2D eigenvalue weighted by Crippen LogP contribution is 2.21. The molecule has 6 heteroatoms. The smallest absolute Gasteiger partial charge is 0.229 e. The molecule has 1 saturated heterocycles. The summed E-state index contributed by atoms with van der Waals surface area (Å²) in [5.41, 5.74) is 2.39. The van der Waals surface area contributed by atoms with Gasteiger partial charge in [0.25, 0.3) is 0 Å². The lowest BCUT2D eigenvalue weighted by atomic mass is 10.1. The number of hydrogen-bond acceptors (Lipinski definition) is 3. The lowest BCUT2D eigenvalue weighted by Crippen LogP contribution is -2.25. The number of carbonyl (C=O) groups excluding carboxylic acids is 2. The molecular weight excluding hydrogens is 268 g/mol. The summed E-state index contributed by atoms with van der Waals surface area (Å²) >= 11 is 0. The van der Waals surface area contributed by atoms with E-state index in [1.807, 2.05) is 43.5 Å². The molecule has 2 aromatic rings. The van der Waals surface area contributed by atoms with E-state index in [2.05, 4.69) is 15.7 Å². The number of aryl methyl sites for hydroxylation is 1. The molecule has 108 valence electrons. The third-order valence-corrected chi connectivity index (χ3v) is 3.48. The molecule has 0 bridgehead atoms. The van der Waals surface area contributed by atoms with E-state index in [4.69, 9.17) is 0 Å². The predicted molar refractivity (Wildman–Crippen MR) is 78.0 cm³/mol. The predicted octanol–water partition coefficient (Wildman–Crippen LogP) is 1.26. The first-order valence-corrected chi connectivity index (χ1v) is 6.83. The van der Waals surface area contributed by atoms with Crippen LogP contribution in [0.2, 0.25) is 0 Å². The van der Waals surface area contributed by atoms with E-state index in [-0.39, 0.29) is 24.2 Å². The fraction of sp³-hybridized carbons (Fsp3) is 0.267. The molecule has 0 aliphatic carbocycles. The summed E-state index contributed by atoms with van der Waals surface area (Å²) in [4.78, 5) is 23.4. The average Bonchev–Trinajstić information content (AvgIpc) is 3.08. The standard InChI is InChI=1S/C15H16N4O2/c1-10-6-7-19(18-10)13-5-3-2-4-12(13)17-15(21)11-8-14(20)16-9-11/h2-7,11H,8-9H2,1H3,(H,16,20)(H,17,21). The monoisotopic (exact) mass is 284 g/mol. The Labute approximate surface area is 122 Å². The lowest BCUT2D eigenvalue weighted by molar-refractivity contribution is -0.123. The summed E-state index contributed by atoms with van der Waals surface area (Å²) in [5.74, 6) is -0.541. The number of nitrogens with one attached hydrogen (secondary N) is 2. The zero-order valence-electron chi connectivity index (χ0n) is 11.7. The number of nitrogens with zero attached hydrogens (tertiary/aromatic N) is 2. The Balaban J connectivity index is 1.82. The summed E-state index contributed by atoms with van der Waals surface area (Å²) in [6, 6.07) is 9.36. The van der Waals surface area contributed by atoms with Gasteiger partial charge in [0.15, 0.2) is 0 Å². The summed E-state index contributed by atoms with van der Waals surface area (Å²) < 4.78 is 1.73. The number of aromatic nitrogens is 2. The van der Waals surface area contributed by atoms with Crippen LogP contribution >= 0.6 is 0 Å². The van der Waals surface area contributed by atoms with Crippen LogP contribution in [0.4, 0.5) is 5.69 Å². The van der Waals surface area contributed by atoms with Crippen molar-refractivity contribution in [3.8, 4) is 5.69 Å². The lowest BCUT2D eigenvalue weighted by Gasteiger charge is -2.13. The van der Waals surface area contributed by atoms with E-state index in [9.17, 15) is 9.59 Å². The van der Waals surface area contributed by atoms with Crippen molar-refractivity contribution in [3.63, 3.8) is 0 Å². The summed E-state index contributed by atoms with van der Waals surface area (Å²) in [5, 5.41) is 9.91. The van der Waals surface area contributed by atoms with Gasteiger partial charge in [-0.1, -0.05) is 12.1 Å². The molecule has 6 nitrogen and oxygen atoms in total. The highest BCUT2D eigenvalue weighted by Gasteiger charge is 2.28. The van der Waals surface area contributed by atoms with Crippen molar-refractivity contribution in [1.29, 1.82) is 0 Å². The largest absolute Gasteiger partial charge is 0.355 e. The quantitative estimate of drug-likeness (QED) is 0.890. The molecular formula is C15H16N4O2. The molecule has 3 rings (SSSR count). The molecule has 0 spiro atoms. The highest BCUT2D eigenvalue weighted by atomic mass is 16.2. The zero-order valence-corrected chi connectivity index (χ0v) is 11.7. The van der Waals surface area contributed by atoms with E-state index >= 15 is 0 Å². The van der Waals surface area contributed by atoms with Crippen molar-refractivity contribution >= 4 is 17.5 Å². The first-order valence-electron chi connectivity index (χ1n) is 6.83. The maximum Gasteiger partial charge on any atom is 0.229 e. The zero-order chi connectivity index (χ0) is 14.8. The van der Waals surface area contributed by atoms with Crippen LogP contribution in [-0.2, 0) is 9.59 Å². The number of amides is 2. The maximum absolute atomic E-state index is 12.2. The van der Waals surface area contributed by atoms with Crippen LogP contribution in [0.5, 0.6) is 0 Å². The molecule has 2 N–H and O–H groups in total. The van der Waals surface area contributed by atoms with Gasteiger partial charge in [0.1, 0.15) is 0 Å². The first-order chi connectivity index (χ1) is 10.1. The summed E-state index contributed by atoms with van der Waals surface area (Å²) in [6.07, 6.45) is 2.09. The van der Waals surface area contributed by atoms with Crippen molar-refractivity contribution in [1.82, 2.24) is 15.1 Å². The van der Waals surface area contributed by atoms with Crippen LogP contribution in [-0.4, -0.2) is 28.1 Å². The topological polar surface area (TPSA) is 76.0 Å². The van der Waals surface area contributed by atoms with Crippen molar-refractivity contribution in [2.45, 2.75) is 13.3 Å². The SMILES string of the molecule is Cc1ccn(-c2ccccc2NC(=O)C2CNC(=O)C2)n1. The normalized spacial score (nSPS) is 17.6. The van der Waals surface area contributed by atoms with E-state index < -0.39 is 0 Å². The van der Waals surface area contributed by atoms with Crippen molar-refractivity contribution in [3.05, 3.63) is 42.2 Å². The van der Waals surface area contributed by atoms with Crippen LogP contribution in [0.1, 0.15) is 12.1 Å². The molecule has 0 radical (unpaired) electrons. The van der Waals surface area contributed by atoms with Crippen molar-refractivity contribution < 1.29 is 9.59 Å². The van der Waals surface area contributed by atoms with Gasteiger partial charge < -0.3 is 10.6 Å². The Bertz CT molecular complexity index is 692. The van der Waals surface area contributed by atoms with Crippen molar-refractivity contribution in [2.24, 2.45) is 5.92 Å². The molecule has 1 atom stereocenters. The third kappa shape index (κ3) is 2.79. The molecule has 1 aliphatic heterocycles. The van der Waals surface area contributed by atoms with Gasteiger partial charge in [-0.05, 0) is 25.1 Å². The van der Waals surface area contributed by atoms with E-state index in [0.29, 0.717) is 12.2 Å². The fourth-order valence-electron chi connectivity index (χ4n) is 2.35. The van der Waals surface area contributed by atoms with Crippen LogP contribution in [0.25, 0.3) is 5.69 Å². The summed E-state index contributed by atoms with van der Waals surface area (Å²) in [7, 11) is 0. The molecule has 21 heavy (non-hydrogen) atoms. The molecule has 1 unspecified atom stereocenters. The Morgan fingerprint density at radius 1 is 1.38 bits per heavy atom. The van der Waals surface area contributed by atoms with Gasteiger partial charge in [-0.3, -0.25) is 9.59 Å². The van der Waals surface area contributed by atoms with E-state index in [1.54, 1.807) is 4.68 Å². The average molecular weight is 284 g/mol. The minimum atomic E-state index is -0.315. The van der Waals surface area contributed by atoms with Gasteiger partial charge >= 0.3 is 0 Å². The van der Waals surface area contributed by atoms with Gasteiger partial charge in [-0.25, -0.2) is 4.68 Å². The number of anilines is 1. The van der Waals surface area contributed by atoms with Crippen LogP contribution < -0.4 is 10.6 Å². The van der Waals surface area contributed by atoms with E-state index in [1.165, 1.54) is 0 Å². The van der Waals surface area contributed by atoms with Crippen molar-refractivity contribution in [2.75, 3.05) is 11.9 Å². The molecule has 1 aliphatic rings. The van der Waals surface area contributed by atoms with Gasteiger partial charge in [-0.2, -0.15) is 5.10 Å². The highest BCUT2D eigenvalue weighted by molar-refractivity contribution is 5.98. The number of para-hydroxylation sites is 2. The fourth-order valence-corrected chi connectivity index (χ4v) is 2.35. The van der Waals surface area contributed by atoms with E-state index in [0.717, 1.165) is 11.4 Å². The van der Waals surface area contributed by atoms with Gasteiger partial charge in [0, 0.05) is 19.2 Å². The molecule has 1 aromatic heterocycles. The number of carbonyl (C=O) groups is 2. The Hall–Kier alpha value is -2.63. The Morgan fingerprint density at radius 2 is 2.19 bits per heavy atom. The Morgan fingerprint density at radius 3 is 2.86 bits per heavy atom. The summed E-state index contributed by atoms with van der Waals surface area (Å²) in [6.45, 7) is 2.31. The maximum atomic E-state index is 12.2. The number of rotatable bonds is 3. The Kier molecular flexibility index (Phi) is 3.43. The minimum absolute atomic E-state index is 0.0777. The van der Waals surface area contributed by atoms with Gasteiger partial charge in [-0.15, -0.1) is 0 Å².